The van der Waals surface area contributed by atoms with Gasteiger partial charge in [0.25, 0.3) is 5.91 Å². The standard InChI is InChI=1S/C29H33N3O3/c33-27-11-10-26(28(34)30-27)32-18-23-16-21(8-9-25(23)29(32)35)19-12-14-31(15-13-19)17-22-6-3-5-20-4-1-2-7-24(20)22/h3,5-6,8-9,16,19,26H,1-2,4,7,10-15,17-18H2,(H,30,33,34). The number of nitrogens with zero attached hydrogens (tertiary/aromatic N) is 2. The van der Waals surface area contributed by atoms with Gasteiger partial charge in [0.05, 0.1) is 0 Å². The molecular weight excluding hydrogens is 438 g/mol. The van der Waals surface area contributed by atoms with E-state index < -0.39 is 6.04 Å². The van der Waals surface area contributed by atoms with E-state index in [0.717, 1.165) is 38.0 Å². The third-order valence-electron chi connectivity index (χ3n) is 8.49. The first-order chi connectivity index (χ1) is 17.1. The van der Waals surface area contributed by atoms with Crippen LogP contribution in [0.5, 0.6) is 0 Å². The number of hydrogen-bond donors (Lipinski definition) is 1. The molecule has 1 unspecified atom stereocenters. The van der Waals surface area contributed by atoms with Crippen molar-refractivity contribution in [2.75, 3.05) is 13.1 Å². The van der Waals surface area contributed by atoms with Gasteiger partial charge in [-0.15, -0.1) is 0 Å². The molecule has 2 aromatic carbocycles. The van der Waals surface area contributed by atoms with Crippen molar-refractivity contribution in [3.8, 4) is 0 Å². The number of imide groups is 1. The summed E-state index contributed by atoms with van der Waals surface area (Å²) in [4.78, 5) is 41.0. The van der Waals surface area contributed by atoms with Gasteiger partial charge >= 0.3 is 0 Å². The Morgan fingerprint density at radius 3 is 2.54 bits per heavy atom. The van der Waals surface area contributed by atoms with Gasteiger partial charge in [-0.2, -0.15) is 0 Å². The minimum absolute atomic E-state index is 0.0953. The first kappa shape index (κ1) is 22.5. The summed E-state index contributed by atoms with van der Waals surface area (Å²) in [6, 6.07) is 12.6. The van der Waals surface area contributed by atoms with E-state index in [1.807, 2.05) is 6.07 Å². The molecule has 1 N–H and O–H groups in total. The number of carbonyl (C=O) groups excluding carboxylic acids is 3. The lowest BCUT2D eigenvalue weighted by Crippen LogP contribution is -2.52. The van der Waals surface area contributed by atoms with Crippen LogP contribution in [0.3, 0.4) is 0 Å². The van der Waals surface area contributed by atoms with Gasteiger partial charge in [-0.1, -0.05) is 30.3 Å². The van der Waals surface area contributed by atoms with Crippen LogP contribution in [0.4, 0.5) is 0 Å². The summed E-state index contributed by atoms with van der Waals surface area (Å²) in [7, 11) is 0. The Morgan fingerprint density at radius 2 is 1.71 bits per heavy atom. The fourth-order valence-corrected chi connectivity index (χ4v) is 6.52. The molecule has 6 heteroatoms. The number of carbonyl (C=O) groups is 3. The summed E-state index contributed by atoms with van der Waals surface area (Å²) in [5.74, 6) is -0.200. The van der Waals surface area contributed by atoms with Gasteiger partial charge in [-0.05, 0) is 97.8 Å². The van der Waals surface area contributed by atoms with Gasteiger partial charge in [-0.25, -0.2) is 0 Å². The Morgan fingerprint density at radius 1 is 0.886 bits per heavy atom. The fraction of sp³-hybridized carbons (Fsp3) is 0.483. The Labute approximate surface area is 206 Å². The molecule has 3 aliphatic heterocycles. The summed E-state index contributed by atoms with van der Waals surface area (Å²) < 4.78 is 0. The van der Waals surface area contributed by atoms with Crippen LogP contribution in [0.25, 0.3) is 0 Å². The minimum atomic E-state index is -0.553. The van der Waals surface area contributed by atoms with E-state index in [0.29, 0.717) is 24.4 Å². The van der Waals surface area contributed by atoms with Crippen molar-refractivity contribution in [1.82, 2.24) is 15.1 Å². The molecule has 6 nitrogen and oxygen atoms in total. The highest BCUT2D eigenvalue weighted by molar-refractivity contribution is 6.05. The first-order valence-electron chi connectivity index (χ1n) is 13.2. The predicted octanol–water partition coefficient (Wildman–Crippen LogP) is 3.71. The quantitative estimate of drug-likeness (QED) is 0.691. The molecule has 3 heterocycles. The summed E-state index contributed by atoms with van der Waals surface area (Å²) in [5.41, 5.74) is 7.69. The van der Waals surface area contributed by atoms with E-state index in [1.165, 1.54) is 36.8 Å². The number of amides is 3. The molecule has 3 amide bonds. The third kappa shape index (κ3) is 4.29. The van der Waals surface area contributed by atoms with E-state index >= 15 is 0 Å². The Bertz CT molecular complexity index is 1180. The Hall–Kier alpha value is -2.99. The predicted molar refractivity (Wildman–Crippen MR) is 133 cm³/mol. The number of fused-ring (bicyclic) bond motifs is 2. The molecule has 4 aliphatic rings. The van der Waals surface area contributed by atoms with Crippen LogP contribution in [0.15, 0.2) is 36.4 Å². The second-order valence-corrected chi connectivity index (χ2v) is 10.6. The van der Waals surface area contributed by atoms with E-state index in [4.69, 9.17) is 0 Å². The number of piperidine rings is 2. The zero-order valence-corrected chi connectivity index (χ0v) is 20.2. The van der Waals surface area contributed by atoms with E-state index in [9.17, 15) is 14.4 Å². The van der Waals surface area contributed by atoms with Crippen molar-refractivity contribution in [1.29, 1.82) is 0 Å². The van der Waals surface area contributed by atoms with Gasteiger partial charge in [0.15, 0.2) is 0 Å². The maximum Gasteiger partial charge on any atom is 0.255 e. The number of aryl methyl sites for hydroxylation is 1. The van der Waals surface area contributed by atoms with Crippen molar-refractivity contribution < 1.29 is 14.4 Å². The van der Waals surface area contributed by atoms with Crippen LogP contribution in [0.1, 0.15) is 82.6 Å². The largest absolute Gasteiger partial charge is 0.322 e. The van der Waals surface area contributed by atoms with Crippen molar-refractivity contribution in [2.24, 2.45) is 0 Å². The van der Waals surface area contributed by atoms with Crippen LogP contribution < -0.4 is 5.32 Å². The molecule has 0 radical (unpaired) electrons. The number of likely N-dealkylation sites (tertiary alicyclic amines) is 1. The summed E-state index contributed by atoms with van der Waals surface area (Å²) >= 11 is 0. The highest BCUT2D eigenvalue weighted by Gasteiger charge is 2.39. The molecule has 35 heavy (non-hydrogen) atoms. The molecule has 2 saturated heterocycles. The monoisotopic (exact) mass is 471 g/mol. The van der Waals surface area contributed by atoms with Crippen molar-refractivity contribution in [3.63, 3.8) is 0 Å². The van der Waals surface area contributed by atoms with Crippen LogP contribution in [0, 0.1) is 0 Å². The highest BCUT2D eigenvalue weighted by atomic mass is 16.2. The topological polar surface area (TPSA) is 69.7 Å². The molecule has 2 aromatic rings. The second-order valence-electron chi connectivity index (χ2n) is 10.6. The number of benzene rings is 2. The van der Waals surface area contributed by atoms with E-state index in [1.54, 1.807) is 16.0 Å². The molecule has 6 rings (SSSR count). The molecule has 1 atom stereocenters. The van der Waals surface area contributed by atoms with Crippen molar-refractivity contribution >= 4 is 17.7 Å². The number of hydrogen-bond acceptors (Lipinski definition) is 4. The molecule has 0 spiro atoms. The number of nitrogens with one attached hydrogen (secondary N) is 1. The average Bonchev–Trinajstić information content (AvgIpc) is 3.20. The lowest BCUT2D eigenvalue weighted by Gasteiger charge is -2.33. The Balaban J connectivity index is 1.10. The summed E-state index contributed by atoms with van der Waals surface area (Å²) in [6.45, 7) is 3.68. The summed E-state index contributed by atoms with van der Waals surface area (Å²) in [5, 5.41) is 2.38. The lowest BCUT2D eigenvalue weighted by molar-refractivity contribution is -0.136. The van der Waals surface area contributed by atoms with E-state index in [-0.39, 0.29) is 24.1 Å². The SMILES string of the molecule is O=C1CCC(N2Cc3cc(C4CCN(Cc5cccc6c5CCCC6)CC4)ccc3C2=O)C(=O)N1. The van der Waals surface area contributed by atoms with Gasteiger partial charge in [-0.3, -0.25) is 24.6 Å². The molecule has 2 fully saturated rings. The van der Waals surface area contributed by atoms with Crippen molar-refractivity contribution in [2.45, 2.75) is 76.4 Å². The average molecular weight is 472 g/mol. The maximum atomic E-state index is 13.0. The highest BCUT2D eigenvalue weighted by Crippen LogP contribution is 2.34. The smallest absolute Gasteiger partial charge is 0.255 e. The zero-order chi connectivity index (χ0) is 23.9. The van der Waals surface area contributed by atoms with Crippen LogP contribution in [-0.2, 0) is 35.5 Å². The third-order valence-corrected chi connectivity index (χ3v) is 8.49. The van der Waals surface area contributed by atoms with Crippen molar-refractivity contribution in [3.05, 3.63) is 69.8 Å². The zero-order valence-electron chi connectivity index (χ0n) is 20.2. The molecule has 0 aromatic heterocycles. The van der Waals surface area contributed by atoms with Gasteiger partial charge in [0.2, 0.25) is 11.8 Å². The molecule has 0 saturated carbocycles. The second kappa shape index (κ2) is 9.23. The van der Waals surface area contributed by atoms with Gasteiger partial charge < -0.3 is 4.90 Å². The molecular formula is C29H33N3O3. The Kier molecular flexibility index (Phi) is 5.93. The van der Waals surface area contributed by atoms with Gasteiger partial charge in [0, 0.05) is 25.1 Å². The molecule has 1 aliphatic carbocycles. The lowest BCUT2D eigenvalue weighted by atomic mass is 9.86. The molecule has 0 bridgehead atoms. The van der Waals surface area contributed by atoms with Gasteiger partial charge in [0.1, 0.15) is 6.04 Å². The summed E-state index contributed by atoms with van der Waals surface area (Å²) in [6.07, 6.45) is 8.02. The maximum absolute atomic E-state index is 13.0. The fourth-order valence-electron chi connectivity index (χ4n) is 6.52. The first-order valence-corrected chi connectivity index (χ1v) is 13.2. The molecule has 182 valence electrons. The van der Waals surface area contributed by atoms with E-state index in [2.05, 4.69) is 40.5 Å². The minimum Gasteiger partial charge on any atom is -0.322 e. The van der Waals surface area contributed by atoms with Crippen LogP contribution in [0.2, 0.25) is 0 Å². The van der Waals surface area contributed by atoms with Crippen LogP contribution in [-0.4, -0.2) is 46.7 Å². The number of rotatable bonds is 4. The normalized spacial score (nSPS) is 23.3. The van der Waals surface area contributed by atoms with Crippen LogP contribution >= 0.6 is 0 Å².